The first-order valence-corrected chi connectivity index (χ1v) is 3.79. The summed E-state index contributed by atoms with van der Waals surface area (Å²) in [5.41, 5.74) is 8.47. The lowest BCUT2D eigenvalue weighted by molar-refractivity contribution is 0.677. The van der Waals surface area contributed by atoms with Crippen molar-refractivity contribution in [1.82, 2.24) is 0 Å². The molecule has 1 fully saturated rings. The summed E-state index contributed by atoms with van der Waals surface area (Å²) in [7, 11) is 0. The molecule has 0 aromatic heterocycles. The molecule has 0 unspecified atom stereocenters. The summed E-state index contributed by atoms with van der Waals surface area (Å²) < 4.78 is 0. The van der Waals surface area contributed by atoms with Crippen LogP contribution < -0.4 is 5.73 Å². The molecule has 54 valence electrons. The van der Waals surface area contributed by atoms with Crippen LogP contribution in [0.1, 0.15) is 20.3 Å². The van der Waals surface area contributed by atoms with Crippen LogP contribution in [0, 0.1) is 11.3 Å². The van der Waals surface area contributed by atoms with E-state index in [0.717, 1.165) is 11.6 Å². The molecule has 10 heavy (non-hydrogen) atoms. The molecular weight excluding hydrogens is 122 g/mol. The van der Waals surface area contributed by atoms with Crippen molar-refractivity contribution in [2.45, 2.75) is 20.3 Å². The molecule has 0 radical (unpaired) electrons. The van der Waals surface area contributed by atoms with Gasteiger partial charge in [0.15, 0.2) is 0 Å². The molecule has 0 heterocycles. The normalized spacial score (nSPS) is 43.6. The third-order valence-corrected chi connectivity index (χ3v) is 2.73. The Balaban J connectivity index is 2.37. The number of hydrogen-bond donors (Lipinski definition) is 1. The molecule has 0 aromatic rings. The predicted octanol–water partition coefficient (Wildman–Crippen LogP) is 1.82. The van der Waals surface area contributed by atoms with E-state index in [1.165, 1.54) is 12.0 Å². The van der Waals surface area contributed by atoms with Gasteiger partial charge in [-0.3, -0.25) is 0 Å². The van der Waals surface area contributed by atoms with Gasteiger partial charge in [-0.2, -0.15) is 0 Å². The monoisotopic (exact) mass is 135 g/mol. The summed E-state index contributed by atoms with van der Waals surface area (Å²) in [5.74, 6) is 0.746. The van der Waals surface area contributed by atoms with Gasteiger partial charge >= 0.3 is 0 Å². The van der Waals surface area contributed by atoms with Gasteiger partial charge in [0, 0.05) is 5.70 Å². The van der Waals surface area contributed by atoms with Crippen LogP contribution in [0.3, 0.4) is 0 Å². The van der Waals surface area contributed by atoms with E-state index in [2.05, 4.69) is 26.0 Å². The van der Waals surface area contributed by atoms with E-state index >= 15 is 0 Å². The lowest BCUT2D eigenvalue weighted by Gasteiger charge is -2.12. The van der Waals surface area contributed by atoms with Gasteiger partial charge in [-0.15, -0.1) is 0 Å². The molecule has 1 heteroatoms. The van der Waals surface area contributed by atoms with E-state index in [9.17, 15) is 0 Å². The molecular formula is C9H13N. The van der Waals surface area contributed by atoms with Crippen molar-refractivity contribution < 1.29 is 0 Å². The Labute approximate surface area is 61.6 Å². The highest BCUT2D eigenvalue weighted by Crippen LogP contribution is 2.57. The predicted molar refractivity (Wildman–Crippen MR) is 42.2 cm³/mol. The molecule has 0 spiro atoms. The molecule has 1 nitrogen and oxygen atoms in total. The number of nitrogens with two attached hydrogens (primary N) is 1. The molecule has 2 rings (SSSR count). The fourth-order valence-corrected chi connectivity index (χ4v) is 1.76. The van der Waals surface area contributed by atoms with E-state index in [1.807, 2.05) is 0 Å². The molecule has 0 aromatic carbocycles. The van der Waals surface area contributed by atoms with Crippen molar-refractivity contribution >= 4 is 0 Å². The molecule has 0 amide bonds. The zero-order valence-corrected chi connectivity index (χ0v) is 6.52. The lowest BCUT2D eigenvalue weighted by atomic mass is 9.96. The molecule has 1 saturated carbocycles. The fourth-order valence-electron chi connectivity index (χ4n) is 1.76. The quantitative estimate of drug-likeness (QED) is 0.538. The van der Waals surface area contributed by atoms with Crippen LogP contribution in [0.5, 0.6) is 0 Å². The smallest absolute Gasteiger partial charge is 0.0303 e. The van der Waals surface area contributed by atoms with Crippen LogP contribution in [0.15, 0.2) is 23.4 Å². The van der Waals surface area contributed by atoms with Gasteiger partial charge in [-0.05, 0) is 30.3 Å². The Hall–Kier alpha value is -0.720. The standard InChI is InChI=1S/C9H13N/c1-6-4-9(2)5-7(9)3-8(6)10/h3-4,7H,5,10H2,1-2H3/t7-,9-/m0/s1. The maximum Gasteiger partial charge on any atom is 0.0303 e. The minimum Gasteiger partial charge on any atom is -0.399 e. The molecule has 0 bridgehead atoms. The van der Waals surface area contributed by atoms with E-state index < -0.39 is 0 Å². The van der Waals surface area contributed by atoms with Crippen LogP contribution in [-0.2, 0) is 0 Å². The van der Waals surface area contributed by atoms with Gasteiger partial charge in [0.1, 0.15) is 0 Å². The Morgan fingerprint density at radius 2 is 2.40 bits per heavy atom. The highest BCUT2D eigenvalue weighted by molar-refractivity contribution is 5.39. The van der Waals surface area contributed by atoms with Crippen LogP contribution >= 0.6 is 0 Å². The highest BCUT2D eigenvalue weighted by Gasteiger charge is 2.48. The summed E-state index contributed by atoms with van der Waals surface area (Å²) in [4.78, 5) is 0. The minimum absolute atomic E-state index is 0.479. The van der Waals surface area contributed by atoms with Crippen molar-refractivity contribution in [3.05, 3.63) is 23.4 Å². The van der Waals surface area contributed by atoms with Crippen molar-refractivity contribution in [3.63, 3.8) is 0 Å². The second-order valence-electron chi connectivity index (χ2n) is 3.77. The molecule has 0 saturated heterocycles. The van der Waals surface area contributed by atoms with Crippen molar-refractivity contribution in [3.8, 4) is 0 Å². The zero-order chi connectivity index (χ0) is 7.35. The summed E-state index contributed by atoms with van der Waals surface area (Å²) in [6.07, 6.45) is 5.81. The van der Waals surface area contributed by atoms with E-state index in [1.54, 1.807) is 0 Å². The third-order valence-electron chi connectivity index (χ3n) is 2.73. The van der Waals surface area contributed by atoms with Gasteiger partial charge in [0.2, 0.25) is 0 Å². The number of hydrogen-bond acceptors (Lipinski definition) is 1. The average molecular weight is 135 g/mol. The number of fused-ring (bicyclic) bond motifs is 1. The second-order valence-corrected chi connectivity index (χ2v) is 3.77. The summed E-state index contributed by atoms with van der Waals surface area (Å²) in [6, 6.07) is 0. The zero-order valence-electron chi connectivity index (χ0n) is 6.52. The molecule has 2 atom stereocenters. The first-order valence-electron chi connectivity index (χ1n) is 3.79. The van der Waals surface area contributed by atoms with Crippen LogP contribution in [-0.4, -0.2) is 0 Å². The average Bonchev–Trinajstić information content (AvgIpc) is 2.41. The van der Waals surface area contributed by atoms with Gasteiger partial charge in [0.25, 0.3) is 0 Å². The Bertz CT molecular complexity index is 237. The van der Waals surface area contributed by atoms with Crippen LogP contribution in [0.2, 0.25) is 0 Å². The van der Waals surface area contributed by atoms with Crippen molar-refractivity contribution in [2.24, 2.45) is 17.1 Å². The summed E-state index contributed by atoms with van der Waals surface area (Å²) >= 11 is 0. The number of rotatable bonds is 0. The van der Waals surface area contributed by atoms with Gasteiger partial charge in [0.05, 0.1) is 0 Å². The number of allylic oxidation sites excluding steroid dienone is 3. The highest BCUT2D eigenvalue weighted by atomic mass is 14.6. The third kappa shape index (κ3) is 0.634. The van der Waals surface area contributed by atoms with E-state index in [0.29, 0.717) is 5.41 Å². The lowest BCUT2D eigenvalue weighted by Crippen LogP contribution is -2.07. The summed E-state index contributed by atoms with van der Waals surface area (Å²) in [6.45, 7) is 4.38. The SMILES string of the molecule is CC1=C[C@@]2(C)C[C@@H]2C=C1N. The topological polar surface area (TPSA) is 26.0 Å². The maximum absolute atomic E-state index is 5.75. The van der Waals surface area contributed by atoms with E-state index in [-0.39, 0.29) is 0 Å². The van der Waals surface area contributed by atoms with Crippen molar-refractivity contribution in [2.75, 3.05) is 0 Å². The molecule has 2 N–H and O–H groups in total. The largest absolute Gasteiger partial charge is 0.399 e. The second kappa shape index (κ2) is 1.47. The van der Waals surface area contributed by atoms with Crippen molar-refractivity contribution in [1.29, 1.82) is 0 Å². The molecule has 2 aliphatic rings. The molecule has 0 aliphatic heterocycles. The summed E-state index contributed by atoms with van der Waals surface area (Å²) in [5, 5.41) is 0. The first kappa shape index (κ1) is 6.02. The minimum atomic E-state index is 0.479. The first-order chi connectivity index (χ1) is 4.62. The maximum atomic E-state index is 5.75. The Morgan fingerprint density at radius 1 is 1.70 bits per heavy atom. The van der Waals surface area contributed by atoms with E-state index in [4.69, 9.17) is 5.73 Å². The Morgan fingerprint density at radius 3 is 3.00 bits per heavy atom. The van der Waals surface area contributed by atoms with Crippen LogP contribution in [0.25, 0.3) is 0 Å². The molecule has 2 aliphatic carbocycles. The Kier molecular flexibility index (Phi) is 0.885. The van der Waals surface area contributed by atoms with Crippen LogP contribution in [0.4, 0.5) is 0 Å². The van der Waals surface area contributed by atoms with Gasteiger partial charge in [-0.25, -0.2) is 0 Å². The van der Waals surface area contributed by atoms with Gasteiger partial charge in [-0.1, -0.05) is 19.1 Å². The fraction of sp³-hybridized carbons (Fsp3) is 0.556. The van der Waals surface area contributed by atoms with Gasteiger partial charge < -0.3 is 5.73 Å².